The van der Waals surface area contributed by atoms with Crippen LogP contribution in [0.2, 0.25) is 0 Å². The summed E-state index contributed by atoms with van der Waals surface area (Å²) in [6.45, 7) is 4.24. The van der Waals surface area contributed by atoms with E-state index in [0.29, 0.717) is 30.4 Å². The Labute approximate surface area is 185 Å². The smallest absolute Gasteiger partial charge is 0.243 e. The molecule has 0 spiro atoms. The predicted octanol–water partition coefficient (Wildman–Crippen LogP) is 4.07. The van der Waals surface area contributed by atoms with Gasteiger partial charge in [0.25, 0.3) is 0 Å². The highest BCUT2D eigenvalue weighted by molar-refractivity contribution is 7.89. The van der Waals surface area contributed by atoms with Crippen molar-refractivity contribution in [1.29, 1.82) is 0 Å². The molecule has 1 N–H and O–H groups in total. The van der Waals surface area contributed by atoms with Crippen LogP contribution >= 0.6 is 0 Å². The molecule has 2 heterocycles. The maximum Gasteiger partial charge on any atom is 0.243 e. The number of benzene rings is 1. The van der Waals surface area contributed by atoms with E-state index in [4.69, 9.17) is 0 Å². The molecule has 1 aromatic carbocycles. The minimum Gasteiger partial charge on any atom is -0.354 e. The summed E-state index contributed by atoms with van der Waals surface area (Å²) in [5.41, 5.74) is 2.33. The number of nitrogens with one attached hydrogen (secondary N) is 1. The summed E-state index contributed by atoms with van der Waals surface area (Å²) in [5, 5.41) is 3.85. The monoisotopic (exact) mass is 443 g/mol. The van der Waals surface area contributed by atoms with Crippen LogP contribution in [0, 0.1) is 5.92 Å². The molecule has 6 nitrogen and oxygen atoms in total. The Kier molecular flexibility index (Phi) is 6.82. The van der Waals surface area contributed by atoms with Gasteiger partial charge in [-0.25, -0.2) is 8.42 Å². The van der Waals surface area contributed by atoms with Crippen LogP contribution in [0.1, 0.15) is 51.9 Å². The van der Waals surface area contributed by atoms with Gasteiger partial charge in [0, 0.05) is 36.7 Å². The van der Waals surface area contributed by atoms with Crippen LogP contribution in [0.4, 0.5) is 0 Å². The van der Waals surface area contributed by atoms with Gasteiger partial charge < -0.3 is 9.88 Å². The number of aromatic nitrogens is 1. The molecule has 0 saturated carbocycles. The first-order chi connectivity index (χ1) is 14.9. The molecule has 0 radical (unpaired) electrons. The third-order valence-corrected chi connectivity index (χ3v) is 8.48. The number of sulfonamides is 1. The predicted molar refractivity (Wildman–Crippen MR) is 123 cm³/mol. The van der Waals surface area contributed by atoms with Gasteiger partial charge >= 0.3 is 0 Å². The molecule has 2 aromatic rings. The van der Waals surface area contributed by atoms with Crippen molar-refractivity contribution < 1.29 is 13.2 Å². The van der Waals surface area contributed by atoms with E-state index in [1.54, 1.807) is 16.4 Å². The van der Waals surface area contributed by atoms with Crippen molar-refractivity contribution in [3.8, 4) is 0 Å². The molecule has 0 atom stereocenters. The second-order valence-electron chi connectivity index (χ2n) is 8.96. The van der Waals surface area contributed by atoms with E-state index in [0.717, 1.165) is 43.0 Å². The zero-order chi connectivity index (χ0) is 21.8. The van der Waals surface area contributed by atoms with E-state index in [9.17, 15) is 13.2 Å². The summed E-state index contributed by atoms with van der Waals surface area (Å²) < 4.78 is 29.5. The van der Waals surface area contributed by atoms with Crippen molar-refractivity contribution in [2.45, 2.75) is 63.3 Å². The van der Waals surface area contributed by atoms with Crippen molar-refractivity contribution in [1.82, 2.24) is 14.2 Å². The number of hydrogen-bond acceptors (Lipinski definition) is 3. The van der Waals surface area contributed by atoms with Crippen LogP contribution < -0.4 is 5.32 Å². The fourth-order valence-corrected chi connectivity index (χ4v) is 6.06. The second-order valence-corrected chi connectivity index (χ2v) is 10.9. The topological polar surface area (TPSA) is 71.4 Å². The summed E-state index contributed by atoms with van der Waals surface area (Å²) in [4.78, 5) is 12.7. The summed E-state index contributed by atoms with van der Waals surface area (Å²) >= 11 is 0. The van der Waals surface area contributed by atoms with Crippen molar-refractivity contribution in [3.63, 3.8) is 0 Å². The first-order valence-corrected chi connectivity index (χ1v) is 12.9. The molecule has 0 bridgehead atoms. The molecule has 4 rings (SSSR count). The van der Waals surface area contributed by atoms with Gasteiger partial charge in [-0.2, -0.15) is 4.31 Å². The Hall–Kier alpha value is -2.12. The molecule has 1 aliphatic carbocycles. The van der Waals surface area contributed by atoms with Gasteiger partial charge in [-0.05, 0) is 75.1 Å². The highest BCUT2D eigenvalue weighted by Crippen LogP contribution is 2.26. The molecule has 7 heteroatoms. The molecule has 1 aliphatic heterocycles. The number of piperidine rings is 1. The van der Waals surface area contributed by atoms with Gasteiger partial charge in [0.15, 0.2) is 0 Å². The molecule has 1 aromatic heterocycles. The molecule has 0 unspecified atom stereocenters. The lowest BCUT2D eigenvalue weighted by Crippen LogP contribution is -2.37. The number of carbonyl (C=O) groups excluding carboxylic acids is 1. The zero-order valence-corrected chi connectivity index (χ0v) is 19.2. The Balaban J connectivity index is 1.39. The fourth-order valence-electron chi connectivity index (χ4n) is 4.56. The first-order valence-electron chi connectivity index (χ1n) is 11.5. The normalized spacial score (nSPS) is 18.8. The SMILES string of the molecule is CC1CCN(S(=O)(=O)c2ccc3c(ccn3CC(=O)NCCC3=CCCCC3)c2)CC1. The van der Waals surface area contributed by atoms with Crippen molar-refractivity contribution >= 4 is 26.8 Å². The van der Waals surface area contributed by atoms with Crippen LogP contribution in [0.5, 0.6) is 0 Å². The van der Waals surface area contributed by atoms with E-state index in [-0.39, 0.29) is 12.5 Å². The van der Waals surface area contributed by atoms with Gasteiger partial charge in [-0.15, -0.1) is 0 Å². The highest BCUT2D eigenvalue weighted by Gasteiger charge is 2.28. The lowest BCUT2D eigenvalue weighted by molar-refractivity contribution is -0.121. The third-order valence-electron chi connectivity index (χ3n) is 6.59. The van der Waals surface area contributed by atoms with Gasteiger partial charge in [0.05, 0.1) is 4.90 Å². The molecular weight excluding hydrogens is 410 g/mol. The maximum atomic E-state index is 13.0. The molecule has 168 valence electrons. The molecule has 1 saturated heterocycles. The van der Waals surface area contributed by atoms with Crippen LogP contribution in [-0.4, -0.2) is 42.8 Å². The molecule has 2 aliphatic rings. The van der Waals surface area contributed by atoms with E-state index < -0.39 is 10.0 Å². The average molecular weight is 444 g/mol. The lowest BCUT2D eigenvalue weighted by Gasteiger charge is -2.29. The zero-order valence-electron chi connectivity index (χ0n) is 18.3. The lowest BCUT2D eigenvalue weighted by atomic mass is 9.97. The largest absolute Gasteiger partial charge is 0.354 e. The standard InChI is InChI=1S/C24H33N3O3S/c1-19-10-15-27(16-11-19)31(29,30)22-7-8-23-21(17-22)12-14-26(23)18-24(28)25-13-9-20-5-3-2-4-6-20/h5,7-8,12,14,17,19H,2-4,6,9-11,13,15-16,18H2,1H3,(H,25,28). The van der Waals surface area contributed by atoms with Gasteiger partial charge in [0.1, 0.15) is 6.54 Å². The molecule has 31 heavy (non-hydrogen) atoms. The summed E-state index contributed by atoms with van der Waals surface area (Å²) in [5.74, 6) is 0.557. The van der Waals surface area contributed by atoms with Crippen LogP contribution in [-0.2, 0) is 21.4 Å². The number of nitrogens with zero attached hydrogens (tertiary/aromatic N) is 2. The third kappa shape index (κ3) is 5.21. The summed E-state index contributed by atoms with van der Waals surface area (Å²) in [6.07, 6.45) is 11.7. The minimum atomic E-state index is -3.47. The molecular formula is C24H33N3O3S. The Morgan fingerprint density at radius 3 is 2.71 bits per heavy atom. The number of rotatable bonds is 7. The van der Waals surface area contributed by atoms with E-state index in [1.807, 2.05) is 22.9 Å². The Bertz CT molecular complexity index is 1060. The summed E-state index contributed by atoms with van der Waals surface area (Å²) in [6, 6.07) is 7.09. The Morgan fingerprint density at radius 1 is 1.16 bits per heavy atom. The van der Waals surface area contributed by atoms with Crippen LogP contribution in [0.25, 0.3) is 10.9 Å². The van der Waals surface area contributed by atoms with E-state index in [1.165, 1.54) is 18.4 Å². The molecule has 1 fully saturated rings. The average Bonchev–Trinajstić information content (AvgIpc) is 3.17. The van der Waals surface area contributed by atoms with Crippen LogP contribution in [0.3, 0.4) is 0 Å². The molecule has 1 amide bonds. The number of fused-ring (bicyclic) bond motifs is 1. The number of allylic oxidation sites excluding steroid dienone is 1. The highest BCUT2D eigenvalue weighted by atomic mass is 32.2. The minimum absolute atomic E-state index is 0.0203. The fraction of sp³-hybridized carbons (Fsp3) is 0.542. The maximum absolute atomic E-state index is 13.0. The van der Waals surface area contributed by atoms with Crippen molar-refractivity contribution in [2.24, 2.45) is 5.92 Å². The van der Waals surface area contributed by atoms with E-state index >= 15 is 0 Å². The number of carbonyl (C=O) groups is 1. The quantitative estimate of drug-likeness (QED) is 0.656. The number of amides is 1. The first kappa shape index (κ1) is 22.1. The van der Waals surface area contributed by atoms with E-state index in [2.05, 4.69) is 18.3 Å². The Morgan fingerprint density at radius 2 is 1.97 bits per heavy atom. The van der Waals surface area contributed by atoms with Crippen LogP contribution in [0.15, 0.2) is 47.0 Å². The van der Waals surface area contributed by atoms with Gasteiger partial charge in [0.2, 0.25) is 15.9 Å². The van der Waals surface area contributed by atoms with Crippen molar-refractivity contribution in [3.05, 3.63) is 42.1 Å². The second kappa shape index (κ2) is 9.57. The van der Waals surface area contributed by atoms with Crippen molar-refractivity contribution in [2.75, 3.05) is 19.6 Å². The van der Waals surface area contributed by atoms with Gasteiger partial charge in [-0.3, -0.25) is 4.79 Å². The van der Waals surface area contributed by atoms with Gasteiger partial charge in [-0.1, -0.05) is 18.6 Å². The number of hydrogen-bond donors (Lipinski definition) is 1. The summed E-state index contributed by atoms with van der Waals surface area (Å²) in [7, 11) is -3.47.